The Morgan fingerprint density at radius 1 is 1.17 bits per heavy atom. The van der Waals surface area contributed by atoms with Gasteiger partial charge in [0.15, 0.2) is 0 Å². The van der Waals surface area contributed by atoms with Crippen molar-refractivity contribution in [3.05, 3.63) is 65.2 Å². The molecule has 0 atom stereocenters. The van der Waals surface area contributed by atoms with E-state index < -0.39 is 17.8 Å². The quantitative estimate of drug-likeness (QED) is 0.812. The van der Waals surface area contributed by atoms with E-state index in [1.54, 1.807) is 4.90 Å². The van der Waals surface area contributed by atoms with Crippen molar-refractivity contribution < 1.29 is 22.8 Å². The molecule has 8 heteroatoms. The third-order valence-electron chi connectivity index (χ3n) is 4.82. The minimum Gasteiger partial charge on any atom is -0.334 e. The maximum Gasteiger partial charge on any atom is 0.416 e. The molecule has 1 saturated heterocycles. The molecule has 154 valence electrons. The normalized spacial score (nSPS) is 14.2. The van der Waals surface area contributed by atoms with Crippen LogP contribution >= 0.6 is 0 Å². The predicted molar refractivity (Wildman–Crippen MR) is 103 cm³/mol. The first-order valence-electron chi connectivity index (χ1n) is 9.29. The first kappa shape index (κ1) is 20.7. The first-order chi connectivity index (χ1) is 13.8. The summed E-state index contributed by atoms with van der Waals surface area (Å²) < 4.78 is 39.3. The van der Waals surface area contributed by atoms with Gasteiger partial charge in [-0.25, -0.2) is 4.79 Å². The zero-order valence-electron chi connectivity index (χ0n) is 16.0. The number of urea groups is 1. The van der Waals surface area contributed by atoms with Crippen molar-refractivity contribution in [3.63, 3.8) is 0 Å². The van der Waals surface area contributed by atoms with Crippen molar-refractivity contribution >= 4 is 17.6 Å². The molecule has 5 nitrogen and oxygen atoms in total. The molecule has 0 unspecified atom stereocenters. The fourth-order valence-electron chi connectivity index (χ4n) is 3.33. The average Bonchev–Trinajstić information content (AvgIpc) is 3.12. The summed E-state index contributed by atoms with van der Waals surface area (Å²) in [6, 6.07) is 12.0. The van der Waals surface area contributed by atoms with Gasteiger partial charge in [0.25, 0.3) is 0 Å². The highest BCUT2D eigenvalue weighted by molar-refractivity contribution is 5.95. The molecule has 1 aliphatic heterocycles. The zero-order chi connectivity index (χ0) is 21.0. The second-order valence-electron chi connectivity index (χ2n) is 6.99. The van der Waals surface area contributed by atoms with E-state index in [0.29, 0.717) is 13.0 Å². The second-order valence-corrected chi connectivity index (χ2v) is 6.99. The molecule has 1 N–H and O–H groups in total. The van der Waals surface area contributed by atoms with Gasteiger partial charge in [-0.2, -0.15) is 13.2 Å². The highest BCUT2D eigenvalue weighted by Crippen LogP contribution is 2.32. The molecular weight excluding hydrogens is 383 g/mol. The number of hydrogen-bond donors (Lipinski definition) is 1. The number of hydrogen-bond acceptors (Lipinski definition) is 2. The largest absolute Gasteiger partial charge is 0.416 e. The first-order valence-corrected chi connectivity index (χ1v) is 9.29. The molecule has 0 bridgehead atoms. The van der Waals surface area contributed by atoms with E-state index in [9.17, 15) is 22.8 Å². The number of anilines is 1. The summed E-state index contributed by atoms with van der Waals surface area (Å²) in [6.45, 7) is 0.722. The molecule has 3 amide bonds. The van der Waals surface area contributed by atoms with Gasteiger partial charge in [0, 0.05) is 38.8 Å². The van der Waals surface area contributed by atoms with E-state index in [2.05, 4.69) is 5.32 Å². The minimum absolute atomic E-state index is 0.0344. The van der Waals surface area contributed by atoms with Gasteiger partial charge in [0.05, 0.1) is 5.56 Å². The lowest BCUT2D eigenvalue weighted by Gasteiger charge is -2.21. The van der Waals surface area contributed by atoms with Gasteiger partial charge in [-0.1, -0.05) is 30.3 Å². The Balaban J connectivity index is 1.61. The topological polar surface area (TPSA) is 52.7 Å². The Morgan fingerprint density at radius 2 is 1.93 bits per heavy atom. The van der Waals surface area contributed by atoms with Crippen LogP contribution in [0.15, 0.2) is 48.5 Å². The smallest absolute Gasteiger partial charge is 0.334 e. The van der Waals surface area contributed by atoms with Crippen LogP contribution in [0.3, 0.4) is 0 Å². The lowest BCUT2D eigenvalue weighted by atomic mass is 10.1. The molecule has 0 aliphatic carbocycles. The minimum atomic E-state index is -4.47. The van der Waals surface area contributed by atoms with E-state index in [0.717, 1.165) is 23.7 Å². The van der Waals surface area contributed by atoms with Gasteiger partial charge < -0.3 is 15.1 Å². The summed E-state index contributed by atoms with van der Waals surface area (Å²) in [7, 11) is 1.45. The Labute approximate surface area is 167 Å². The Kier molecular flexibility index (Phi) is 6.10. The molecule has 1 aliphatic rings. The summed E-state index contributed by atoms with van der Waals surface area (Å²) in [6.07, 6.45) is -3.11. The third kappa shape index (κ3) is 5.07. The molecule has 2 aromatic carbocycles. The van der Waals surface area contributed by atoms with Crippen LogP contribution in [0.4, 0.5) is 23.7 Å². The fraction of sp³-hybridized carbons (Fsp3) is 0.333. The number of rotatable bonds is 5. The van der Waals surface area contributed by atoms with Crippen molar-refractivity contribution in [1.82, 2.24) is 10.2 Å². The molecule has 29 heavy (non-hydrogen) atoms. The van der Waals surface area contributed by atoms with Crippen LogP contribution in [-0.4, -0.2) is 30.4 Å². The maximum absolute atomic E-state index is 13.1. The second kappa shape index (κ2) is 8.55. The number of halogens is 3. The van der Waals surface area contributed by atoms with Crippen molar-refractivity contribution in [2.45, 2.75) is 32.1 Å². The van der Waals surface area contributed by atoms with Crippen LogP contribution in [0.1, 0.15) is 29.5 Å². The summed E-state index contributed by atoms with van der Waals surface area (Å²) in [5, 5.41) is 2.71. The molecule has 2 aromatic rings. The SMILES string of the molecule is CN(Cc1ccccc1C(F)(F)F)C(=O)NCc1cccc(N2CCCC2=O)c1. The summed E-state index contributed by atoms with van der Waals surface area (Å²) >= 11 is 0. The zero-order valence-corrected chi connectivity index (χ0v) is 16.0. The van der Waals surface area contributed by atoms with Crippen LogP contribution in [-0.2, 0) is 24.1 Å². The van der Waals surface area contributed by atoms with Crippen molar-refractivity contribution in [2.75, 3.05) is 18.5 Å². The van der Waals surface area contributed by atoms with Gasteiger partial charge in [0.1, 0.15) is 0 Å². The molecule has 0 radical (unpaired) electrons. The Hall–Kier alpha value is -3.03. The molecule has 1 fully saturated rings. The van der Waals surface area contributed by atoms with E-state index in [1.165, 1.54) is 30.1 Å². The Morgan fingerprint density at radius 3 is 2.62 bits per heavy atom. The van der Waals surface area contributed by atoms with Gasteiger partial charge in [-0.3, -0.25) is 4.79 Å². The lowest BCUT2D eigenvalue weighted by molar-refractivity contribution is -0.138. The van der Waals surface area contributed by atoms with Gasteiger partial charge in [-0.05, 0) is 35.7 Å². The number of nitrogens with one attached hydrogen (secondary N) is 1. The van der Waals surface area contributed by atoms with Crippen LogP contribution in [0.2, 0.25) is 0 Å². The van der Waals surface area contributed by atoms with Crippen molar-refractivity contribution in [1.29, 1.82) is 0 Å². The lowest BCUT2D eigenvalue weighted by Crippen LogP contribution is -2.36. The van der Waals surface area contributed by atoms with Crippen LogP contribution < -0.4 is 10.2 Å². The van der Waals surface area contributed by atoms with Gasteiger partial charge in [0.2, 0.25) is 5.91 Å². The van der Waals surface area contributed by atoms with E-state index in [4.69, 9.17) is 0 Å². The number of carbonyl (C=O) groups is 2. The van der Waals surface area contributed by atoms with Gasteiger partial charge >= 0.3 is 12.2 Å². The molecule has 3 rings (SSSR count). The monoisotopic (exact) mass is 405 g/mol. The van der Waals surface area contributed by atoms with E-state index in [-0.39, 0.29) is 24.6 Å². The number of amides is 3. The molecule has 0 spiro atoms. The fourth-order valence-corrected chi connectivity index (χ4v) is 3.33. The summed E-state index contributed by atoms with van der Waals surface area (Å²) in [4.78, 5) is 27.1. The average molecular weight is 405 g/mol. The predicted octanol–water partition coefficient (Wildman–Crippen LogP) is 4.17. The molecular formula is C21H22F3N3O2. The summed E-state index contributed by atoms with van der Waals surface area (Å²) in [5.74, 6) is 0.0780. The maximum atomic E-state index is 13.1. The van der Waals surface area contributed by atoms with E-state index >= 15 is 0 Å². The van der Waals surface area contributed by atoms with Gasteiger partial charge in [-0.15, -0.1) is 0 Å². The number of benzene rings is 2. The van der Waals surface area contributed by atoms with Crippen LogP contribution in [0.25, 0.3) is 0 Å². The highest BCUT2D eigenvalue weighted by atomic mass is 19.4. The molecule has 0 aromatic heterocycles. The molecule has 0 saturated carbocycles. The van der Waals surface area contributed by atoms with E-state index in [1.807, 2.05) is 24.3 Å². The number of carbonyl (C=O) groups excluding carboxylic acids is 2. The number of alkyl halides is 3. The highest BCUT2D eigenvalue weighted by Gasteiger charge is 2.33. The summed E-state index contributed by atoms with van der Waals surface area (Å²) in [5.41, 5.74) is 0.876. The number of nitrogens with zero attached hydrogens (tertiary/aromatic N) is 2. The standard InChI is InChI=1S/C21H22F3N3O2/c1-26(14-16-7-2-3-9-18(16)21(22,23)24)20(29)25-13-15-6-4-8-17(12-15)27-11-5-10-19(27)28/h2-4,6-9,12H,5,10-11,13-14H2,1H3,(H,25,29). The third-order valence-corrected chi connectivity index (χ3v) is 4.82. The van der Waals surface area contributed by atoms with Crippen molar-refractivity contribution in [2.24, 2.45) is 0 Å². The van der Waals surface area contributed by atoms with Crippen molar-refractivity contribution in [3.8, 4) is 0 Å². The Bertz CT molecular complexity index is 899. The molecule has 1 heterocycles. The van der Waals surface area contributed by atoms with Crippen LogP contribution in [0.5, 0.6) is 0 Å². The van der Waals surface area contributed by atoms with Crippen LogP contribution in [0, 0.1) is 0 Å².